The maximum absolute atomic E-state index is 13.5. The van der Waals surface area contributed by atoms with Gasteiger partial charge >= 0.3 is 0 Å². The Morgan fingerprint density at radius 1 is 1.20 bits per heavy atom. The van der Waals surface area contributed by atoms with Crippen LogP contribution in [0.3, 0.4) is 0 Å². The van der Waals surface area contributed by atoms with Crippen LogP contribution in [0.25, 0.3) is 0 Å². The number of guanidine groups is 1. The second-order valence-corrected chi connectivity index (χ2v) is 7.51. The van der Waals surface area contributed by atoms with Gasteiger partial charge in [-0.1, -0.05) is 19.0 Å². The summed E-state index contributed by atoms with van der Waals surface area (Å²) in [4.78, 5) is 6.82. The topological polar surface area (TPSA) is 65.7 Å². The molecule has 1 aromatic carbocycles. The van der Waals surface area contributed by atoms with E-state index in [9.17, 15) is 8.78 Å². The predicted octanol–water partition coefficient (Wildman–Crippen LogP) is 3.66. The highest BCUT2D eigenvalue weighted by Gasteiger charge is 2.23. The fourth-order valence-electron chi connectivity index (χ4n) is 3.77. The van der Waals surface area contributed by atoms with E-state index < -0.39 is 11.6 Å². The van der Waals surface area contributed by atoms with Gasteiger partial charge in [-0.3, -0.25) is 0 Å². The molecule has 0 spiro atoms. The maximum atomic E-state index is 13.5. The van der Waals surface area contributed by atoms with Gasteiger partial charge in [0.15, 0.2) is 17.6 Å². The van der Waals surface area contributed by atoms with Crippen LogP contribution in [0.5, 0.6) is 0 Å². The van der Waals surface area contributed by atoms with Crippen LogP contribution < -0.4 is 15.5 Å². The van der Waals surface area contributed by atoms with Crippen LogP contribution in [0.1, 0.15) is 44.2 Å². The summed E-state index contributed by atoms with van der Waals surface area (Å²) in [5, 5.41) is 10.8. The first-order chi connectivity index (χ1) is 14.5. The molecular formula is C22H31F2N5O. The number of anilines is 1. The Morgan fingerprint density at radius 2 is 2.03 bits per heavy atom. The summed E-state index contributed by atoms with van der Waals surface area (Å²) in [7, 11) is 0. The van der Waals surface area contributed by atoms with Crippen molar-refractivity contribution < 1.29 is 13.3 Å². The molecule has 0 aliphatic carbocycles. The summed E-state index contributed by atoms with van der Waals surface area (Å²) in [5.41, 5.74) is 2.76. The average Bonchev–Trinajstić information content (AvgIpc) is 3.38. The zero-order valence-corrected chi connectivity index (χ0v) is 18.0. The van der Waals surface area contributed by atoms with Gasteiger partial charge in [0.1, 0.15) is 5.76 Å². The highest BCUT2D eigenvalue weighted by atomic mass is 19.2. The zero-order chi connectivity index (χ0) is 21.5. The van der Waals surface area contributed by atoms with Gasteiger partial charge < -0.3 is 20.1 Å². The molecule has 0 radical (unpaired) electrons. The van der Waals surface area contributed by atoms with Crippen molar-refractivity contribution in [3.8, 4) is 0 Å². The van der Waals surface area contributed by atoms with Crippen molar-refractivity contribution in [3.05, 3.63) is 46.9 Å². The van der Waals surface area contributed by atoms with Crippen LogP contribution in [0.2, 0.25) is 0 Å². The number of rotatable bonds is 8. The first-order valence-electron chi connectivity index (χ1n) is 10.7. The Kier molecular flexibility index (Phi) is 7.65. The van der Waals surface area contributed by atoms with Crippen molar-refractivity contribution in [3.63, 3.8) is 0 Å². The first kappa shape index (κ1) is 22.1. The van der Waals surface area contributed by atoms with Gasteiger partial charge in [-0.05, 0) is 37.8 Å². The monoisotopic (exact) mass is 419 g/mol. The van der Waals surface area contributed by atoms with E-state index in [0.29, 0.717) is 12.5 Å². The molecule has 1 aliphatic heterocycles. The number of aryl methyl sites for hydroxylation is 2. The molecule has 0 saturated carbocycles. The standard InChI is InChI=1S/C22H31F2N5O/c1-4-20-17(21(5-2)30-28-20)13-27-22(25-6-3)26-12-15-9-10-29(14-15)16-7-8-18(23)19(24)11-16/h7-8,11,15H,4-6,9-10,12-14H2,1-3H3,(H2,25,26,27). The number of aliphatic imine (C=N–C) groups is 1. The Balaban J connectivity index is 1.58. The third kappa shape index (κ3) is 5.29. The van der Waals surface area contributed by atoms with E-state index in [1.54, 1.807) is 6.07 Å². The van der Waals surface area contributed by atoms with Gasteiger partial charge in [-0.15, -0.1) is 0 Å². The van der Waals surface area contributed by atoms with Crippen molar-refractivity contribution in [2.24, 2.45) is 10.9 Å². The van der Waals surface area contributed by atoms with E-state index in [-0.39, 0.29) is 0 Å². The van der Waals surface area contributed by atoms with Crippen LogP contribution in [-0.4, -0.2) is 37.3 Å². The predicted molar refractivity (Wildman–Crippen MR) is 115 cm³/mol. The second-order valence-electron chi connectivity index (χ2n) is 7.51. The number of hydrogen-bond acceptors (Lipinski definition) is 4. The lowest BCUT2D eigenvalue weighted by Gasteiger charge is -2.19. The van der Waals surface area contributed by atoms with Crippen molar-refractivity contribution in [2.75, 3.05) is 31.1 Å². The number of hydrogen-bond donors (Lipinski definition) is 2. The third-order valence-electron chi connectivity index (χ3n) is 5.46. The van der Waals surface area contributed by atoms with E-state index >= 15 is 0 Å². The first-order valence-corrected chi connectivity index (χ1v) is 10.7. The van der Waals surface area contributed by atoms with Gasteiger partial charge in [0, 0.05) is 49.9 Å². The molecule has 3 rings (SSSR count). The van der Waals surface area contributed by atoms with Crippen molar-refractivity contribution >= 4 is 11.6 Å². The Hall–Kier alpha value is -2.64. The Bertz CT molecular complexity index is 846. The van der Waals surface area contributed by atoms with Gasteiger partial charge in [0.25, 0.3) is 0 Å². The summed E-state index contributed by atoms with van der Waals surface area (Å²) in [5.74, 6) is 0.434. The molecule has 164 valence electrons. The molecular weight excluding hydrogens is 388 g/mol. The second kappa shape index (κ2) is 10.4. The molecule has 0 amide bonds. The molecule has 6 nitrogen and oxygen atoms in total. The van der Waals surface area contributed by atoms with E-state index in [1.807, 2.05) is 6.92 Å². The number of benzene rings is 1. The minimum absolute atomic E-state index is 0.398. The zero-order valence-electron chi connectivity index (χ0n) is 18.0. The molecule has 8 heteroatoms. The quantitative estimate of drug-likeness (QED) is 0.505. The number of nitrogens with zero attached hydrogens (tertiary/aromatic N) is 3. The molecule has 2 heterocycles. The molecule has 1 fully saturated rings. The van der Waals surface area contributed by atoms with Gasteiger partial charge in [0.2, 0.25) is 0 Å². The van der Waals surface area contributed by atoms with Gasteiger partial charge in [-0.2, -0.15) is 0 Å². The lowest BCUT2D eigenvalue weighted by molar-refractivity contribution is 0.380. The average molecular weight is 420 g/mol. The fourth-order valence-corrected chi connectivity index (χ4v) is 3.77. The Morgan fingerprint density at radius 3 is 2.73 bits per heavy atom. The van der Waals surface area contributed by atoms with Crippen molar-refractivity contribution in [1.29, 1.82) is 0 Å². The number of aromatic nitrogens is 1. The highest BCUT2D eigenvalue weighted by molar-refractivity contribution is 5.79. The summed E-state index contributed by atoms with van der Waals surface area (Å²) in [6.07, 6.45) is 2.60. The molecule has 1 aliphatic rings. The SMILES string of the molecule is CCNC(=NCc1c(CC)noc1CC)NCC1CCN(c2ccc(F)c(F)c2)C1. The number of halogens is 2. The summed E-state index contributed by atoms with van der Waals surface area (Å²) in [6.45, 7) is 9.82. The van der Waals surface area contributed by atoms with Crippen LogP contribution in [0.15, 0.2) is 27.7 Å². The lowest BCUT2D eigenvalue weighted by atomic mass is 10.1. The maximum Gasteiger partial charge on any atom is 0.191 e. The number of nitrogens with one attached hydrogen (secondary N) is 2. The summed E-state index contributed by atoms with van der Waals surface area (Å²) >= 11 is 0. The molecule has 1 aromatic heterocycles. The molecule has 1 unspecified atom stereocenters. The molecule has 2 aromatic rings. The van der Waals surface area contributed by atoms with Crippen molar-refractivity contribution in [2.45, 2.75) is 46.6 Å². The van der Waals surface area contributed by atoms with E-state index in [1.165, 1.54) is 12.1 Å². The summed E-state index contributed by atoms with van der Waals surface area (Å²) in [6, 6.07) is 4.09. The Labute approximate surface area is 176 Å². The largest absolute Gasteiger partial charge is 0.371 e. The van der Waals surface area contributed by atoms with E-state index in [0.717, 1.165) is 74.1 Å². The van der Waals surface area contributed by atoms with Crippen LogP contribution in [0.4, 0.5) is 14.5 Å². The van der Waals surface area contributed by atoms with Gasteiger partial charge in [0.05, 0.1) is 12.2 Å². The van der Waals surface area contributed by atoms with E-state index in [2.05, 4.69) is 34.5 Å². The lowest BCUT2D eigenvalue weighted by Crippen LogP contribution is -2.40. The smallest absolute Gasteiger partial charge is 0.191 e. The van der Waals surface area contributed by atoms with E-state index in [4.69, 9.17) is 9.52 Å². The fraction of sp³-hybridized carbons (Fsp3) is 0.545. The highest BCUT2D eigenvalue weighted by Crippen LogP contribution is 2.25. The molecule has 30 heavy (non-hydrogen) atoms. The summed E-state index contributed by atoms with van der Waals surface area (Å²) < 4.78 is 32.1. The minimum atomic E-state index is -0.812. The third-order valence-corrected chi connectivity index (χ3v) is 5.46. The van der Waals surface area contributed by atoms with Crippen LogP contribution >= 0.6 is 0 Å². The van der Waals surface area contributed by atoms with Crippen molar-refractivity contribution in [1.82, 2.24) is 15.8 Å². The van der Waals surface area contributed by atoms with Gasteiger partial charge in [-0.25, -0.2) is 13.8 Å². The molecule has 2 N–H and O–H groups in total. The molecule has 1 atom stereocenters. The molecule has 0 bridgehead atoms. The minimum Gasteiger partial charge on any atom is -0.371 e. The normalized spacial score (nSPS) is 16.9. The van der Waals surface area contributed by atoms with Crippen LogP contribution in [0, 0.1) is 17.6 Å². The molecule has 1 saturated heterocycles. The van der Waals surface area contributed by atoms with Crippen LogP contribution in [-0.2, 0) is 19.4 Å².